The molecule has 1 aromatic heterocycles. The Morgan fingerprint density at radius 1 is 0.912 bits per heavy atom. The number of carbonyl (C=O) groups excluding carboxylic acids is 1. The Hall–Kier alpha value is -4.17. The summed E-state index contributed by atoms with van der Waals surface area (Å²) in [5.74, 6) is -1.30. The molecule has 0 aliphatic heterocycles. The SMILES string of the molecule is CN(Cc1cccc(-c2ccc(Cc3sc(=O)[nH]c3O)cc2)c1)C(=O)c1ccc(C(=O)O)cc1. The van der Waals surface area contributed by atoms with Gasteiger partial charge in [-0.1, -0.05) is 53.8 Å². The first kappa shape index (κ1) is 23.0. The fourth-order valence-corrected chi connectivity index (χ4v) is 4.40. The number of carbonyl (C=O) groups is 2. The number of amides is 1. The van der Waals surface area contributed by atoms with Gasteiger partial charge >= 0.3 is 10.8 Å². The smallest absolute Gasteiger partial charge is 0.335 e. The number of aromatic hydroxyl groups is 1. The first-order valence-corrected chi connectivity index (χ1v) is 11.3. The van der Waals surface area contributed by atoms with Gasteiger partial charge in [0.15, 0.2) is 0 Å². The molecule has 0 aliphatic rings. The molecule has 0 bridgehead atoms. The molecule has 0 fully saturated rings. The summed E-state index contributed by atoms with van der Waals surface area (Å²) in [7, 11) is 1.71. The highest BCUT2D eigenvalue weighted by molar-refractivity contribution is 7.09. The van der Waals surface area contributed by atoms with Crippen LogP contribution in [-0.2, 0) is 13.0 Å². The van der Waals surface area contributed by atoms with Crippen LogP contribution >= 0.6 is 11.3 Å². The van der Waals surface area contributed by atoms with E-state index in [1.807, 2.05) is 48.5 Å². The van der Waals surface area contributed by atoms with Crippen molar-refractivity contribution in [2.24, 2.45) is 0 Å². The number of hydrogen-bond acceptors (Lipinski definition) is 5. The molecule has 34 heavy (non-hydrogen) atoms. The first-order chi connectivity index (χ1) is 16.3. The van der Waals surface area contributed by atoms with Crippen molar-refractivity contribution in [3.63, 3.8) is 0 Å². The van der Waals surface area contributed by atoms with E-state index < -0.39 is 5.97 Å². The summed E-state index contributed by atoms with van der Waals surface area (Å²) in [6, 6.07) is 21.7. The van der Waals surface area contributed by atoms with Crippen LogP contribution < -0.4 is 4.87 Å². The van der Waals surface area contributed by atoms with E-state index in [4.69, 9.17) is 5.11 Å². The first-order valence-electron chi connectivity index (χ1n) is 10.5. The van der Waals surface area contributed by atoms with Gasteiger partial charge in [0, 0.05) is 25.6 Å². The Morgan fingerprint density at radius 2 is 1.59 bits per heavy atom. The van der Waals surface area contributed by atoms with Crippen molar-refractivity contribution < 1.29 is 19.8 Å². The van der Waals surface area contributed by atoms with Crippen molar-refractivity contribution in [2.45, 2.75) is 13.0 Å². The number of rotatable bonds is 7. The molecule has 4 rings (SSSR count). The van der Waals surface area contributed by atoms with E-state index in [2.05, 4.69) is 4.98 Å². The van der Waals surface area contributed by atoms with E-state index in [0.29, 0.717) is 23.4 Å². The Labute approximate surface area is 199 Å². The van der Waals surface area contributed by atoms with E-state index >= 15 is 0 Å². The standard InChI is InChI=1S/C26H22N2O5S/c1-28(24(30)19-9-11-20(12-10-19)25(31)32)15-17-3-2-4-21(13-17)18-7-5-16(6-8-18)14-22-23(29)27-26(33)34-22/h2-13,29H,14-15H2,1H3,(H,27,33)(H,31,32). The maximum Gasteiger partial charge on any atom is 0.335 e. The average molecular weight is 475 g/mol. The van der Waals surface area contributed by atoms with Crippen molar-refractivity contribution in [3.05, 3.63) is 110 Å². The number of H-pyrrole nitrogens is 1. The number of hydrogen-bond donors (Lipinski definition) is 3. The van der Waals surface area contributed by atoms with Gasteiger partial charge in [0.05, 0.1) is 10.4 Å². The highest BCUT2D eigenvalue weighted by Gasteiger charge is 2.14. The third kappa shape index (κ3) is 5.24. The largest absolute Gasteiger partial charge is 0.494 e. The lowest BCUT2D eigenvalue weighted by molar-refractivity contribution is 0.0695. The lowest BCUT2D eigenvalue weighted by atomic mass is 10.0. The van der Waals surface area contributed by atoms with Gasteiger partial charge in [0.1, 0.15) is 0 Å². The fourth-order valence-electron chi connectivity index (χ4n) is 3.64. The molecular formula is C26H22N2O5S. The molecule has 0 aliphatic carbocycles. The van der Waals surface area contributed by atoms with Crippen LogP contribution in [0.25, 0.3) is 11.1 Å². The highest BCUT2D eigenvalue weighted by Crippen LogP contribution is 2.25. The van der Waals surface area contributed by atoms with Crippen LogP contribution in [0.1, 0.15) is 36.7 Å². The zero-order chi connectivity index (χ0) is 24.2. The van der Waals surface area contributed by atoms with Gasteiger partial charge < -0.3 is 15.1 Å². The summed E-state index contributed by atoms with van der Waals surface area (Å²) < 4.78 is 0. The second-order valence-electron chi connectivity index (χ2n) is 7.90. The molecule has 3 aromatic carbocycles. The summed E-state index contributed by atoms with van der Waals surface area (Å²) in [4.78, 5) is 39.4. The molecule has 0 unspecified atom stereocenters. The Kier molecular flexibility index (Phi) is 6.60. The minimum absolute atomic E-state index is 0.0803. The number of aromatic carboxylic acids is 1. The van der Waals surface area contributed by atoms with E-state index in [-0.39, 0.29) is 22.2 Å². The van der Waals surface area contributed by atoms with Crippen molar-refractivity contribution >= 4 is 23.2 Å². The lowest BCUT2D eigenvalue weighted by Crippen LogP contribution is -2.26. The molecule has 3 N–H and O–H groups in total. The van der Waals surface area contributed by atoms with E-state index in [1.54, 1.807) is 11.9 Å². The molecule has 1 amide bonds. The van der Waals surface area contributed by atoms with Crippen LogP contribution in [-0.4, -0.2) is 39.0 Å². The van der Waals surface area contributed by atoms with Crippen LogP contribution in [0.5, 0.6) is 5.88 Å². The zero-order valence-corrected chi connectivity index (χ0v) is 19.1. The molecule has 4 aromatic rings. The van der Waals surface area contributed by atoms with E-state index in [9.17, 15) is 19.5 Å². The van der Waals surface area contributed by atoms with Gasteiger partial charge in [-0.3, -0.25) is 14.6 Å². The van der Waals surface area contributed by atoms with Gasteiger partial charge in [-0.05, 0) is 52.6 Å². The molecule has 0 atom stereocenters. The Balaban J connectivity index is 1.45. The minimum atomic E-state index is -1.03. The topological polar surface area (TPSA) is 111 Å². The van der Waals surface area contributed by atoms with Crippen LogP contribution in [0.2, 0.25) is 0 Å². The Morgan fingerprint density at radius 3 is 2.21 bits per heavy atom. The number of nitrogens with zero attached hydrogens (tertiary/aromatic N) is 1. The second-order valence-corrected chi connectivity index (χ2v) is 8.97. The van der Waals surface area contributed by atoms with Crippen LogP contribution in [0, 0.1) is 0 Å². The molecule has 7 nitrogen and oxygen atoms in total. The molecule has 172 valence electrons. The number of nitrogens with one attached hydrogen (secondary N) is 1. The summed E-state index contributed by atoms with van der Waals surface area (Å²) in [6.45, 7) is 0.400. The molecule has 0 saturated heterocycles. The second kappa shape index (κ2) is 9.76. The predicted molar refractivity (Wildman–Crippen MR) is 130 cm³/mol. The predicted octanol–water partition coefficient (Wildman–Crippen LogP) is 4.37. The monoisotopic (exact) mass is 474 g/mol. The third-order valence-corrected chi connectivity index (χ3v) is 6.30. The summed E-state index contributed by atoms with van der Waals surface area (Å²) in [6.07, 6.45) is 0.468. The van der Waals surface area contributed by atoms with Crippen molar-refractivity contribution in [2.75, 3.05) is 7.05 Å². The number of aromatic amines is 1. The third-order valence-electron chi connectivity index (χ3n) is 5.42. The van der Waals surface area contributed by atoms with E-state index in [1.165, 1.54) is 24.3 Å². The van der Waals surface area contributed by atoms with Gasteiger partial charge in [-0.2, -0.15) is 0 Å². The lowest BCUT2D eigenvalue weighted by Gasteiger charge is -2.18. The van der Waals surface area contributed by atoms with Crippen LogP contribution in [0.4, 0.5) is 0 Å². The van der Waals surface area contributed by atoms with Gasteiger partial charge in [0.2, 0.25) is 5.88 Å². The Bertz CT molecular complexity index is 1390. The zero-order valence-electron chi connectivity index (χ0n) is 18.3. The summed E-state index contributed by atoms with van der Waals surface area (Å²) >= 11 is 1.00. The molecule has 8 heteroatoms. The highest BCUT2D eigenvalue weighted by atomic mass is 32.1. The van der Waals surface area contributed by atoms with Crippen molar-refractivity contribution in [1.82, 2.24) is 9.88 Å². The average Bonchev–Trinajstić information content (AvgIpc) is 3.15. The fraction of sp³-hybridized carbons (Fsp3) is 0.115. The summed E-state index contributed by atoms with van der Waals surface area (Å²) in [5, 5.41) is 18.8. The maximum atomic E-state index is 12.7. The minimum Gasteiger partial charge on any atom is -0.494 e. The quantitative estimate of drug-likeness (QED) is 0.368. The molecule has 0 saturated carbocycles. The molecule has 0 spiro atoms. The van der Waals surface area contributed by atoms with Crippen LogP contribution in [0.15, 0.2) is 77.6 Å². The normalized spacial score (nSPS) is 10.7. The molecule has 1 heterocycles. The number of aromatic nitrogens is 1. The number of thiazole rings is 1. The number of carboxylic acid groups (broad SMARTS) is 1. The van der Waals surface area contributed by atoms with Crippen LogP contribution in [0.3, 0.4) is 0 Å². The molecule has 0 radical (unpaired) electrons. The maximum absolute atomic E-state index is 12.7. The number of benzene rings is 3. The van der Waals surface area contributed by atoms with Gasteiger partial charge in [-0.25, -0.2) is 4.79 Å². The molecular weight excluding hydrogens is 452 g/mol. The number of carboxylic acids is 1. The van der Waals surface area contributed by atoms with Crippen molar-refractivity contribution in [1.29, 1.82) is 0 Å². The van der Waals surface area contributed by atoms with Gasteiger partial charge in [-0.15, -0.1) is 0 Å². The van der Waals surface area contributed by atoms with E-state index in [0.717, 1.165) is 33.6 Å². The summed E-state index contributed by atoms with van der Waals surface area (Å²) in [5.41, 5.74) is 4.52. The van der Waals surface area contributed by atoms with Gasteiger partial charge in [0.25, 0.3) is 5.91 Å². The van der Waals surface area contributed by atoms with Crippen molar-refractivity contribution in [3.8, 4) is 17.0 Å².